The Kier molecular flexibility index (Phi) is 5.49. The summed E-state index contributed by atoms with van der Waals surface area (Å²) >= 11 is 3.42. The van der Waals surface area contributed by atoms with Crippen molar-refractivity contribution >= 4 is 44.3 Å². The number of carbonyl (C=O) groups excluding carboxylic acids is 2. The molecular weight excluding hydrogens is 498 g/mol. The van der Waals surface area contributed by atoms with Crippen molar-refractivity contribution in [1.82, 2.24) is 0 Å². The number of anilines is 1. The largest absolute Gasteiger partial charge is 0.503 e. The van der Waals surface area contributed by atoms with Crippen molar-refractivity contribution in [2.75, 3.05) is 12.0 Å². The number of hydrogen-bond acceptors (Lipinski definition) is 5. The summed E-state index contributed by atoms with van der Waals surface area (Å²) in [5.74, 6) is -1.30. The highest BCUT2D eigenvalue weighted by Gasteiger charge is 2.46. The molecule has 34 heavy (non-hydrogen) atoms. The highest BCUT2D eigenvalue weighted by Crippen LogP contribution is 2.45. The Morgan fingerprint density at radius 3 is 2.56 bits per heavy atom. The van der Waals surface area contributed by atoms with Crippen molar-refractivity contribution in [3.05, 3.63) is 105 Å². The molecule has 1 amide bonds. The third-order valence-electron chi connectivity index (χ3n) is 5.96. The standard InChI is InChI=1S/C27H20BrNO5/c1-15-7-3-5-9-19(15)29-24(18-8-4-6-10-21(18)33-2)23(26(31)27(29)32)25(30)22-14-16-13-17(28)11-12-20(16)34-22/h3-14,24,31H,1-2H3. The SMILES string of the molecule is COc1ccccc1C1C(C(=O)c2cc3cc(Br)ccc3o2)=C(O)C(=O)N1c1ccccc1C. The highest BCUT2D eigenvalue weighted by molar-refractivity contribution is 9.10. The van der Waals surface area contributed by atoms with Gasteiger partial charge < -0.3 is 14.3 Å². The maximum Gasteiger partial charge on any atom is 0.294 e. The Morgan fingerprint density at radius 1 is 1.06 bits per heavy atom. The second-order valence-electron chi connectivity index (χ2n) is 7.99. The number of benzene rings is 3. The van der Waals surface area contributed by atoms with Gasteiger partial charge in [0.05, 0.1) is 18.7 Å². The first-order valence-electron chi connectivity index (χ1n) is 10.6. The molecule has 7 heteroatoms. The lowest BCUT2D eigenvalue weighted by atomic mass is 9.93. The molecule has 1 unspecified atom stereocenters. The molecule has 0 fully saturated rings. The molecule has 4 aromatic rings. The van der Waals surface area contributed by atoms with Gasteiger partial charge in [-0.25, -0.2) is 0 Å². The number of hydrogen-bond donors (Lipinski definition) is 1. The van der Waals surface area contributed by atoms with E-state index in [0.717, 1.165) is 15.4 Å². The summed E-state index contributed by atoms with van der Waals surface area (Å²) in [4.78, 5) is 28.6. The lowest BCUT2D eigenvalue weighted by Crippen LogP contribution is -2.31. The fourth-order valence-electron chi connectivity index (χ4n) is 4.36. The predicted molar refractivity (Wildman–Crippen MR) is 132 cm³/mol. The van der Waals surface area contributed by atoms with Crippen molar-refractivity contribution in [1.29, 1.82) is 0 Å². The Morgan fingerprint density at radius 2 is 1.79 bits per heavy atom. The van der Waals surface area contributed by atoms with Crippen LogP contribution in [0.5, 0.6) is 5.75 Å². The lowest BCUT2D eigenvalue weighted by molar-refractivity contribution is -0.117. The van der Waals surface area contributed by atoms with Crippen LogP contribution in [-0.4, -0.2) is 23.9 Å². The number of aliphatic hydroxyl groups excluding tert-OH is 1. The molecule has 1 aromatic heterocycles. The molecule has 0 bridgehead atoms. The Labute approximate surface area is 204 Å². The molecular formula is C27H20BrNO5. The van der Waals surface area contributed by atoms with Gasteiger partial charge in [-0.1, -0.05) is 52.3 Å². The van der Waals surface area contributed by atoms with Gasteiger partial charge in [-0.3, -0.25) is 14.5 Å². The van der Waals surface area contributed by atoms with Crippen molar-refractivity contribution < 1.29 is 23.8 Å². The van der Waals surface area contributed by atoms with Gasteiger partial charge in [0, 0.05) is 21.1 Å². The van der Waals surface area contributed by atoms with Crippen molar-refractivity contribution in [3.8, 4) is 5.75 Å². The molecule has 6 nitrogen and oxygen atoms in total. The van der Waals surface area contributed by atoms with E-state index in [2.05, 4.69) is 15.9 Å². The molecule has 170 valence electrons. The van der Waals surface area contributed by atoms with Crippen LogP contribution in [0.15, 0.2) is 93.0 Å². The van der Waals surface area contributed by atoms with E-state index in [-0.39, 0.29) is 11.3 Å². The van der Waals surface area contributed by atoms with E-state index in [4.69, 9.17) is 9.15 Å². The van der Waals surface area contributed by atoms with Crippen molar-refractivity contribution in [2.45, 2.75) is 13.0 Å². The van der Waals surface area contributed by atoms with Gasteiger partial charge in [-0.15, -0.1) is 0 Å². The first-order valence-corrected chi connectivity index (χ1v) is 11.4. The fourth-order valence-corrected chi connectivity index (χ4v) is 4.74. The van der Waals surface area contributed by atoms with Gasteiger partial charge in [0.25, 0.3) is 5.91 Å². The molecule has 0 spiro atoms. The van der Waals surface area contributed by atoms with Crippen LogP contribution >= 0.6 is 15.9 Å². The summed E-state index contributed by atoms with van der Waals surface area (Å²) in [6, 6.07) is 20.6. The number of ether oxygens (including phenoxy) is 1. The zero-order valence-corrected chi connectivity index (χ0v) is 20.0. The minimum absolute atomic E-state index is 0.0361. The zero-order valence-electron chi connectivity index (χ0n) is 18.4. The Bertz CT molecular complexity index is 1490. The molecule has 5 rings (SSSR count). The number of ketones is 1. The van der Waals surface area contributed by atoms with Crippen LogP contribution in [0.3, 0.4) is 0 Å². The lowest BCUT2D eigenvalue weighted by Gasteiger charge is -2.29. The average molecular weight is 518 g/mol. The van der Waals surface area contributed by atoms with Gasteiger partial charge >= 0.3 is 0 Å². The molecule has 2 heterocycles. The molecule has 0 saturated heterocycles. The molecule has 0 saturated carbocycles. The number of Topliss-reactive ketones (excluding diaryl/α,β-unsaturated/α-hetero) is 1. The van der Waals surface area contributed by atoms with Crippen LogP contribution in [0, 0.1) is 6.92 Å². The molecule has 1 N–H and O–H groups in total. The summed E-state index contributed by atoms with van der Waals surface area (Å²) in [5, 5.41) is 11.7. The van der Waals surface area contributed by atoms with Crippen LogP contribution in [0.25, 0.3) is 11.0 Å². The highest BCUT2D eigenvalue weighted by atomic mass is 79.9. The summed E-state index contributed by atoms with van der Waals surface area (Å²) in [6.07, 6.45) is 0. The number of para-hydroxylation sites is 2. The predicted octanol–water partition coefficient (Wildman–Crippen LogP) is 6.30. The number of amides is 1. The molecule has 1 aliphatic heterocycles. The number of fused-ring (bicyclic) bond motifs is 1. The summed E-state index contributed by atoms with van der Waals surface area (Å²) in [5.41, 5.74) is 2.46. The van der Waals surface area contributed by atoms with E-state index in [1.807, 2.05) is 37.3 Å². The minimum Gasteiger partial charge on any atom is -0.503 e. The van der Waals surface area contributed by atoms with Gasteiger partial charge in [0.15, 0.2) is 11.5 Å². The van der Waals surface area contributed by atoms with Gasteiger partial charge in [0.2, 0.25) is 5.78 Å². The van der Waals surface area contributed by atoms with E-state index in [9.17, 15) is 14.7 Å². The minimum atomic E-state index is -0.905. The van der Waals surface area contributed by atoms with E-state index in [1.165, 1.54) is 12.0 Å². The maximum atomic E-state index is 13.8. The number of rotatable bonds is 5. The smallest absolute Gasteiger partial charge is 0.294 e. The maximum absolute atomic E-state index is 13.8. The first kappa shape index (κ1) is 22.0. The summed E-state index contributed by atoms with van der Waals surface area (Å²) in [7, 11) is 1.52. The van der Waals surface area contributed by atoms with Crippen LogP contribution < -0.4 is 9.64 Å². The molecule has 0 aliphatic carbocycles. The Balaban J connectivity index is 1.71. The van der Waals surface area contributed by atoms with E-state index in [1.54, 1.807) is 42.5 Å². The number of nitrogens with zero attached hydrogens (tertiary/aromatic N) is 1. The van der Waals surface area contributed by atoms with Gasteiger partial charge in [-0.05, 0) is 48.9 Å². The fraction of sp³-hybridized carbons (Fsp3) is 0.111. The molecule has 1 atom stereocenters. The van der Waals surface area contributed by atoms with Crippen LogP contribution in [0.4, 0.5) is 5.69 Å². The second kappa shape index (κ2) is 8.50. The number of carbonyl (C=O) groups is 2. The number of furan rings is 1. The third-order valence-corrected chi connectivity index (χ3v) is 6.46. The number of aryl methyl sites for hydroxylation is 1. The number of halogens is 1. The average Bonchev–Trinajstić information content (AvgIpc) is 3.37. The Hall–Kier alpha value is -3.84. The van der Waals surface area contributed by atoms with Crippen LogP contribution in [0.1, 0.15) is 27.7 Å². The normalized spacial score (nSPS) is 15.9. The quantitative estimate of drug-likeness (QED) is 0.314. The third kappa shape index (κ3) is 3.49. The van der Waals surface area contributed by atoms with Crippen molar-refractivity contribution in [3.63, 3.8) is 0 Å². The first-order chi connectivity index (χ1) is 16.4. The monoisotopic (exact) mass is 517 g/mol. The number of aliphatic hydroxyl groups is 1. The number of methoxy groups -OCH3 is 1. The summed E-state index contributed by atoms with van der Waals surface area (Å²) < 4.78 is 12.2. The second-order valence-corrected chi connectivity index (χ2v) is 8.91. The van der Waals surface area contributed by atoms with Gasteiger partial charge in [0.1, 0.15) is 11.3 Å². The van der Waals surface area contributed by atoms with E-state index >= 15 is 0 Å². The molecule has 0 radical (unpaired) electrons. The van der Waals surface area contributed by atoms with Gasteiger partial charge in [-0.2, -0.15) is 0 Å². The van der Waals surface area contributed by atoms with Crippen LogP contribution in [-0.2, 0) is 4.79 Å². The van der Waals surface area contributed by atoms with Crippen LogP contribution in [0.2, 0.25) is 0 Å². The van der Waals surface area contributed by atoms with E-state index in [0.29, 0.717) is 22.6 Å². The molecule has 3 aromatic carbocycles. The summed E-state index contributed by atoms with van der Waals surface area (Å²) in [6.45, 7) is 1.87. The topological polar surface area (TPSA) is 80.0 Å². The van der Waals surface area contributed by atoms with Crippen molar-refractivity contribution in [2.24, 2.45) is 0 Å². The zero-order chi connectivity index (χ0) is 24.0. The molecule has 1 aliphatic rings. The van der Waals surface area contributed by atoms with E-state index < -0.39 is 23.5 Å².